The lowest BCUT2D eigenvalue weighted by atomic mass is 9.76. The molecule has 17 rings (SSSR count). The number of allylic oxidation sites excluding steroid dienone is 2. The van der Waals surface area contributed by atoms with Gasteiger partial charge in [-0.2, -0.15) is 0 Å². The molecule has 2 nitrogen and oxygen atoms in total. The molecule has 0 amide bonds. The van der Waals surface area contributed by atoms with Crippen LogP contribution in [0.1, 0.15) is 66.6 Å². The lowest BCUT2D eigenvalue weighted by Gasteiger charge is -2.32. The monoisotopic (exact) mass is 1260 g/mol. The summed E-state index contributed by atoms with van der Waals surface area (Å²) < 4.78 is 12.7. The van der Waals surface area contributed by atoms with Crippen LogP contribution in [0.2, 0.25) is 0 Å². The lowest BCUT2D eigenvalue weighted by molar-refractivity contribution is 0.00578. The Morgan fingerprint density at radius 3 is 1.00 bits per heavy atom. The van der Waals surface area contributed by atoms with Crippen molar-refractivity contribution < 1.29 is 9.31 Å². The maximum atomic E-state index is 6.35. The molecule has 15 aromatic rings. The molecule has 1 heterocycles. The number of benzene rings is 15. The zero-order valence-corrected chi connectivity index (χ0v) is 57.3. The maximum absolute atomic E-state index is 6.35. The lowest BCUT2D eigenvalue weighted by Crippen LogP contribution is -2.41. The standard InChI is InChI=1S/C44H32.C26H29BO2.C25H17/c1-29-14-18-31(19-15-29)36-25-37(32-20-16-30(2)17-21-32)27-38(26-36)34-9-7-8-33(24-34)35-22-23-43-41-12-4-3-10-39(41)40-11-5-6-13-42(40)44(43)28-35;1-18-7-11-20(12-8-18)22-15-23(21-13-9-19(2)10-14-21)17-24(16-22)27-28-25(3,4)26(5,6)29-27;1-17-7-6-8-18(15-17)19-13-14-24-22-11-3-2-9-20(22)21-10-4-5-12-23(21)25(24)16-19/h3-28H,1-2H3;7-17H,1-6H3;3-16H,1H3/q;;+1. The van der Waals surface area contributed by atoms with E-state index in [0.29, 0.717) is 0 Å². The van der Waals surface area contributed by atoms with Gasteiger partial charge < -0.3 is 9.31 Å². The molecule has 1 aliphatic carbocycles. The first-order chi connectivity index (χ1) is 47.6. The highest BCUT2D eigenvalue weighted by Gasteiger charge is 2.52. The molecule has 0 atom stereocenters. The van der Waals surface area contributed by atoms with Crippen LogP contribution in [0.5, 0.6) is 0 Å². The normalized spacial score (nSPS) is 13.5. The Hall–Kier alpha value is -11.0. The van der Waals surface area contributed by atoms with Crippen LogP contribution in [-0.2, 0) is 9.31 Å². The van der Waals surface area contributed by atoms with Crippen LogP contribution in [0.15, 0.2) is 297 Å². The van der Waals surface area contributed by atoms with E-state index in [1.54, 1.807) is 0 Å². The van der Waals surface area contributed by atoms with Crippen molar-refractivity contribution >= 4 is 78.6 Å². The molecule has 0 unspecified atom stereocenters. The summed E-state index contributed by atoms with van der Waals surface area (Å²) in [6.07, 6.45) is 9.52. The summed E-state index contributed by atoms with van der Waals surface area (Å²) in [6, 6.07) is 106. The summed E-state index contributed by atoms with van der Waals surface area (Å²) in [5.41, 5.74) is 26.3. The third kappa shape index (κ3) is 12.6. The number of aryl methyl sites for hydroxylation is 5. The molecular weight excluding hydrogens is 1180 g/mol. The fourth-order valence-corrected chi connectivity index (χ4v) is 14.0. The first-order valence-electron chi connectivity index (χ1n) is 34.3. The SMILES string of the molecule is Cc1ccc(-c2cc(-c3ccc(C)cc3)cc(-c3cccc(-c4ccc5c6ccccc6c6ccccc6c5c4)c3)c2)cc1.Cc1ccc(-c2cc(B3OC(C)(C)C(C)(C)O3)cc(-c3ccc(C)cc3)c2)cc1.Cc1cccc(-c2ccc3c4c(c5ccccc5c3c2)C=[C+]C=C4)c1. The molecule has 472 valence electrons. The van der Waals surface area contributed by atoms with E-state index in [1.807, 2.05) is 6.08 Å². The van der Waals surface area contributed by atoms with Crippen LogP contribution in [0, 0.1) is 40.7 Å². The van der Waals surface area contributed by atoms with Gasteiger partial charge in [-0.3, -0.25) is 0 Å². The predicted octanol–water partition coefficient (Wildman–Crippen LogP) is 25.2. The third-order valence-corrected chi connectivity index (χ3v) is 20.3. The van der Waals surface area contributed by atoms with Gasteiger partial charge in [-0.25, -0.2) is 0 Å². The van der Waals surface area contributed by atoms with E-state index in [1.165, 1.54) is 171 Å². The minimum absolute atomic E-state index is 0.360. The third-order valence-electron chi connectivity index (χ3n) is 20.3. The zero-order chi connectivity index (χ0) is 67.2. The van der Waals surface area contributed by atoms with Gasteiger partial charge in [-0.05, 0) is 232 Å². The van der Waals surface area contributed by atoms with E-state index in [9.17, 15) is 0 Å². The van der Waals surface area contributed by atoms with E-state index in [0.717, 1.165) is 5.46 Å². The number of fused-ring (bicyclic) bond motifs is 12. The Kier molecular flexibility index (Phi) is 16.8. The molecule has 0 radical (unpaired) electrons. The first kappa shape index (κ1) is 63.1. The molecule has 0 aromatic heterocycles. The Morgan fingerprint density at radius 1 is 0.245 bits per heavy atom. The Morgan fingerprint density at radius 2 is 0.551 bits per heavy atom. The second kappa shape index (κ2) is 26.2. The van der Waals surface area contributed by atoms with Crippen molar-refractivity contribution in [2.24, 2.45) is 0 Å². The van der Waals surface area contributed by atoms with Gasteiger partial charge in [0.25, 0.3) is 0 Å². The first-order valence-corrected chi connectivity index (χ1v) is 34.3. The van der Waals surface area contributed by atoms with Crippen molar-refractivity contribution in [1.29, 1.82) is 0 Å². The molecule has 15 aromatic carbocycles. The highest BCUT2D eigenvalue weighted by atomic mass is 16.7. The summed E-state index contributed by atoms with van der Waals surface area (Å²) >= 11 is 0. The van der Waals surface area contributed by atoms with E-state index < -0.39 is 0 Å². The molecule has 98 heavy (non-hydrogen) atoms. The molecule has 1 aliphatic heterocycles. The van der Waals surface area contributed by atoms with Crippen LogP contribution >= 0.6 is 0 Å². The molecule has 1 saturated heterocycles. The van der Waals surface area contributed by atoms with Gasteiger partial charge in [-0.1, -0.05) is 270 Å². The van der Waals surface area contributed by atoms with Gasteiger partial charge >= 0.3 is 7.12 Å². The van der Waals surface area contributed by atoms with Crippen LogP contribution in [-0.4, -0.2) is 18.3 Å². The summed E-state index contributed by atoms with van der Waals surface area (Å²) in [5, 5.41) is 13.0. The zero-order valence-electron chi connectivity index (χ0n) is 57.3. The fourth-order valence-electron chi connectivity index (χ4n) is 14.0. The Balaban J connectivity index is 0.000000126. The highest BCUT2D eigenvalue weighted by molar-refractivity contribution is 6.62. The number of hydrogen-bond donors (Lipinski definition) is 0. The van der Waals surface area contributed by atoms with Crippen LogP contribution in [0.4, 0.5) is 0 Å². The molecule has 0 saturated carbocycles. The number of hydrogen-bond acceptors (Lipinski definition) is 2. The predicted molar refractivity (Wildman–Crippen MR) is 421 cm³/mol. The Bertz CT molecular complexity index is 5410. The highest BCUT2D eigenvalue weighted by Crippen LogP contribution is 2.42. The number of rotatable bonds is 8. The van der Waals surface area contributed by atoms with Crippen molar-refractivity contribution in [2.45, 2.75) is 73.5 Å². The van der Waals surface area contributed by atoms with Gasteiger partial charge in [0.2, 0.25) is 0 Å². The summed E-state index contributed by atoms with van der Waals surface area (Å²) in [7, 11) is -0.380. The summed E-state index contributed by atoms with van der Waals surface area (Å²) in [5.74, 6) is 0. The van der Waals surface area contributed by atoms with Gasteiger partial charge in [0.05, 0.1) is 17.3 Å². The Labute approximate surface area is 578 Å². The van der Waals surface area contributed by atoms with Crippen LogP contribution < -0.4 is 5.46 Å². The summed E-state index contributed by atoms with van der Waals surface area (Å²) in [6.45, 7) is 19.0. The summed E-state index contributed by atoms with van der Waals surface area (Å²) in [4.78, 5) is 0. The average molecular weight is 1260 g/mol. The average Bonchev–Trinajstić information content (AvgIpc) is 0.809. The van der Waals surface area contributed by atoms with Gasteiger partial charge in [0.15, 0.2) is 0 Å². The molecule has 3 heteroatoms. The van der Waals surface area contributed by atoms with Crippen molar-refractivity contribution in [3.63, 3.8) is 0 Å². The van der Waals surface area contributed by atoms with Crippen molar-refractivity contribution in [2.75, 3.05) is 0 Å². The molecule has 0 N–H and O–H groups in total. The fraction of sp³-hybridized carbons (Fsp3) is 0.116. The van der Waals surface area contributed by atoms with E-state index >= 15 is 0 Å². The van der Waals surface area contributed by atoms with Gasteiger partial charge in [0.1, 0.15) is 23.3 Å². The molecule has 0 spiro atoms. The van der Waals surface area contributed by atoms with Crippen molar-refractivity contribution in [1.82, 2.24) is 0 Å². The van der Waals surface area contributed by atoms with Gasteiger partial charge in [-0.15, -0.1) is 0 Å². The molecular formula is C95H78BO2+. The van der Waals surface area contributed by atoms with E-state index in [-0.39, 0.29) is 18.3 Å². The minimum atomic E-state index is -0.380. The van der Waals surface area contributed by atoms with Crippen molar-refractivity contribution in [3.8, 4) is 77.9 Å². The van der Waals surface area contributed by atoms with E-state index in [2.05, 4.69) is 372 Å². The van der Waals surface area contributed by atoms with Crippen molar-refractivity contribution in [3.05, 3.63) is 342 Å². The maximum Gasteiger partial charge on any atom is 0.494 e. The smallest absolute Gasteiger partial charge is 0.399 e. The van der Waals surface area contributed by atoms with Gasteiger partial charge in [0, 0.05) is 22.2 Å². The largest absolute Gasteiger partial charge is 0.494 e. The van der Waals surface area contributed by atoms with Crippen LogP contribution in [0.3, 0.4) is 0 Å². The topological polar surface area (TPSA) is 18.5 Å². The molecule has 0 bridgehead atoms. The van der Waals surface area contributed by atoms with E-state index in [4.69, 9.17) is 9.31 Å². The second-order valence-electron chi connectivity index (χ2n) is 27.8. The second-order valence-corrected chi connectivity index (χ2v) is 27.8. The molecule has 2 aliphatic rings. The quantitative estimate of drug-likeness (QED) is 0.0858. The van der Waals surface area contributed by atoms with Crippen LogP contribution in [0.25, 0.3) is 144 Å². The molecule has 1 fully saturated rings. The minimum Gasteiger partial charge on any atom is -0.399 e.